The average Bonchev–Trinajstić information content (AvgIpc) is 1.82. The summed E-state index contributed by atoms with van der Waals surface area (Å²) in [5.41, 5.74) is -0.0185. The Hall–Kier alpha value is 0.260. The molecule has 0 aromatic carbocycles. The van der Waals surface area contributed by atoms with Crippen LogP contribution in [0.3, 0.4) is 0 Å². The summed E-state index contributed by atoms with van der Waals surface area (Å²) in [5, 5.41) is 8.41. The first kappa shape index (κ1) is 9.35. The van der Waals surface area contributed by atoms with Crippen LogP contribution in [0.4, 0.5) is 0 Å². The standard InChI is InChI=1S/C3H6O2S.C3H6OS/c4-6(5)2-1-3-6;4-3-1-2-5-3/h1-3H2;3-4H,1-2H2. The first-order valence-electron chi connectivity index (χ1n) is 3.60. The minimum absolute atomic E-state index is 0.0185. The van der Waals surface area contributed by atoms with Crippen molar-refractivity contribution in [1.82, 2.24) is 0 Å². The SMILES string of the molecule is O=S1(=O)CCC1.OC1CCS1. The highest BCUT2D eigenvalue weighted by Crippen LogP contribution is 2.23. The Bertz CT molecular complexity index is 196. The van der Waals surface area contributed by atoms with Gasteiger partial charge in [-0.3, -0.25) is 0 Å². The van der Waals surface area contributed by atoms with Gasteiger partial charge in [0, 0.05) is 0 Å². The molecule has 0 aromatic rings. The zero-order valence-electron chi connectivity index (χ0n) is 6.19. The Morgan fingerprint density at radius 3 is 1.73 bits per heavy atom. The van der Waals surface area contributed by atoms with Crippen LogP contribution in [0.25, 0.3) is 0 Å². The second-order valence-corrected chi connectivity index (χ2v) is 6.21. The van der Waals surface area contributed by atoms with E-state index in [9.17, 15) is 8.42 Å². The van der Waals surface area contributed by atoms with E-state index in [1.165, 1.54) is 0 Å². The van der Waals surface area contributed by atoms with Gasteiger partial charge in [0.2, 0.25) is 0 Å². The van der Waals surface area contributed by atoms with Crippen molar-refractivity contribution in [3.63, 3.8) is 0 Å². The third-order valence-corrected chi connectivity index (χ3v) is 4.50. The largest absolute Gasteiger partial charge is 0.382 e. The molecule has 0 spiro atoms. The summed E-state index contributed by atoms with van der Waals surface area (Å²) < 4.78 is 20.2. The molecule has 2 rings (SSSR count). The molecule has 2 saturated heterocycles. The molecule has 0 saturated carbocycles. The Kier molecular flexibility index (Phi) is 3.21. The van der Waals surface area contributed by atoms with Crippen LogP contribution in [0.5, 0.6) is 0 Å². The van der Waals surface area contributed by atoms with Gasteiger partial charge in [0.15, 0.2) is 0 Å². The molecule has 1 unspecified atom stereocenters. The average molecular weight is 196 g/mol. The number of hydrogen-bond acceptors (Lipinski definition) is 4. The molecule has 66 valence electrons. The minimum Gasteiger partial charge on any atom is -0.382 e. The van der Waals surface area contributed by atoms with Crippen LogP contribution in [0, 0.1) is 0 Å². The van der Waals surface area contributed by atoms with Crippen LogP contribution in [0.2, 0.25) is 0 Å². The second-order valence-electron chi connectivity index (χ2n) is 2.62. The predicted octanol–water partition coefficient (Wildman–Crippen LogP) is 0.247. The Balaban J connectivity index is 0.000000112. The first-order valence-corrected chi connectivity index (χ1v) is 6.47. The lowest BCUT2D eigenvalue weighted by atomic mass is 10.5. The number of sulfone groups is 1. The summed E-state index contributed by atoms with van der Waals surface area (Å²) in [5.74, 6) is 2.00. The van der Waals surface area contributed by atoms with Crippen molar-refractivity contribution >= 4 is 21.6 Å². The van der Waals surface area contributed by atoms with E-state index in [1.54, 1.807) is 11.8 Å². The van der Waals surface area contributed by atoms with Crippen molar-refractivity contribution in [1.29, 1.82) is 0 Å². The third-order valence-electron chi connectivity index (χ3n) is 1.59. The molecular formula is C6H12O3S2. The van der Waals surface area contributed by atoms with Gasteiger partial charge in [-0.05, 0) is 18.6 Å². The summed E-state index contributed by atoms with van der Waals surface area (Å²) in [6, 6.07) is 0. The van der Waals surface area contributed by atoms with Crippen molar-refractivity contribution in [2.75, 3.05) is 17.3 Å². The van der Waals surface area contributed by atoms with E-state index in [0.29, 0.717) is 11.5 Å². The summed E-state index contributed by atoms with van der Waals surface area (Å²) >= 11 is 1.62. The highest BCUT2D eigenvalue weighted by atomic mass is 32.2. The molecule has 0 radical (unpaired) electrons. The second kappa shape index (κ2) is 3.78. The van der Waals surface area contributed by atoms with Crippen LogP contribution in [-0.2, 0) is 9.84 Å². The molecule has 5 heteroatoms. The number of aliphatic hydroxyl groups is 1. The van der Waals surface area contributed by atoms with Crippen LogP contribution >= 0.6 is 11.8 Å². The van der Waals surface area contributed by atoms with Crippen molar-refractivity contribution in [2.45, 2.75) is 18.3 Å². The molecule has 0 aromatic heterocycles. The molecule has 2 aliphatic heterocycles. The van der Waals surface area contributed by atoms with Crippen molar-refractivity contribution in [3.8, 4) is 0 Å². The van der Waals surface area contributed by atoms with Crippen molar-refractivity contribution < 1.29 is 13.5 Å². The van der Waals surface area contributed by atoms with Gasteiger partial charge in [-0.1, -0.05) is 0 Å². The third kappa shape index (κ3) is 3.44. The van der Waals surface area contributed by atoms with Gasteiger partial charge in [-0.25, -0.2) is 8.42 Å². The lowest BCUT2D eigenvalue weighted by Gasteiger charge is -2.17. The van der Waals surface area contributed by atoms with E-state index in [0.717, 1.165) is 18.6 Å². The lowest BCUT2D eigenvalue weighted by Crippen LogP contribution is -2.23. The van der Waals surface area contributed by atoms with Crippen LogP contribution < -0.4 is 0 Å². The normalized spacial score (nSPS) is 32.3. The van der Waals surface area contributed by atoms with E-state index >= 15 is 0 Å². The predicted molar refractivity (Wildman–Crippen MR) is 46.4 cm³/mol. The first-order chi connectivity index (χ1) is 5.10. The fourth-order valence-electron chi connectivity index (χ4n) is 0.603. The molecule has 11 heavy (non-hydrogen) atoms. The zero-order valence-corrected chi connectivity index (χ0v) is 7.83. The highest BCUT2D eigenvalue weighted by Gasteiger charge is 2.19. The highest BCUT2D eigenvalue weighted by molar-refractivity contribution is 8.01. The fourth-order valence-corrected chi connectivity index (χ4v) is 1.81. The van der Waals surface area contributed by atoms with E-state index in [-0.39, 0.29) is 5.44 Å². The van der Waals surface area contributed by atoms with Crippen LogP contribution in [0.15, 0.2) is 0 Å². The number of rotatable bonds is 0. The molecule has 3 nitrogen and oxygen atoms in total. The molecular weight excluding hydrogens is 184 g/mol. The Morgan fingerprint density at radius 1 is 1.36 bits per heavy atom. The summed E-state index contributed by atoms with van der Waals surface area (Å²) in [7, 11) is -2.48. The summed E-state index contributed by atoms with van der Waals surface area (Å²) in [6.45, 7) is 0. The van der Waals surface area contributed by atoms with Crippen LogP contribution in [-0.4, -0.2) is 36.2 Å². The number of aliphatic hydroxyl groups excluding tert-OH is 1. The molecule has 1 atom stereocenters. The van der Waals surface area contributed by atoms with Gasteiger partial charge < -0.3 is 5.11 Å². The smallest absolute Gasteiger partial charge is 0.150 e. The van der Waals surface area contributed by atoms with Gasteiger partial charge in [0.05, 0.1) is 11.5 Å². The van der Waals surface area contributed by atoms with Gasteiger partial charge in [0.1, 0.15) is 15.3 Å². The molecule has 2 fully saturated rings. The van der Waals surface area contributed by atoms with Gasteiger partial charge in [-0.2, -0.15) is 0 Å². The maximum Gasteiger partial charge on any atom is 0.150 e. The summed E-state index contributed by atoms with van der Waals surface area (Å²) in [6.07, 6.45) is 1.88. The lowest BCUT2D eigenvalue weighted by molar-refractivity contribution is 0.247. The van der Waals surface area contributed by atoms with Gasteiger partial charge >= 0.3 is 0 Å². The Labute approximate surface area is 71.1 Å². The summed E-state index contributed by atoms with van der Waals surface area (Å²) in [4.78, 5) is 0. The fraction of sp³-hybridized carbons (Fsp3) is 1.00. The zero-order chi connectivity index (χ0) is 8.32. The Morgan fingerprint density at radius 2 is 1.73 bits per heavy atom. The van der Waals surface area contributed by atoms with E-state index in [1.807, 2.05) is 0 Å². The van der Waals surface area contributed by atoms with Crippen LogP contribution in [0.1, 0.15) is 12.8 Å². The van der Waals surface area contributed by atoms with E-state index in [4.69, 9.17) is 5.11 Å². The molecule has 0 amide bonds. The molecule has 2 heterocycles. The number of thioether (sulfide) groups is 1. The van der Waals surface area contributed by atoms with E-state index < -0.39 is 9.84 Å². The monoisotopic (exact) mass is 196 g/mol. The maximum atomic E-state index is 10.1. The van der Waals surface area contributed by atoms with Gasteiger partial charge in [-0.15, -0.1) is 11.8 Å². The van der Waals surface area contributed by atoms with Crippen molar-refractivity contribution in [2.24, 2.45) is 0 Å². The van der Waals surface area contributed by atoms with Crippen molar-refractivity contribution in [3.05, 3.63) is 0 Å². The molecule has 1 N–H and O–H groups in total. The topological polar surface area (TPSA) is 54.4 Å². The number of hydrogen-bond donors (Lipinski definition) is 1. The van der Waals surface area contributed by atoms with Gasteiger partial charge in [0.25, 0.3) is 0 Å². The molecule has 2 aliphatic rings. The molecule has 0 bridgehead atoms. The minimum atomic E-state index is -2.48. The molecule has 0 aliphatic carbocycles. The van der Waals surface area contributed by atoms with E-state index in [2.05, 4.69) is 0 Å². The maximum absolute atomic E-state index is 10.1. The quantitative estimate of drug-likeness (QED) is 0.603.